The van der Waals surface area contributed by atoms with Gasteiger partial charge in [0.1, 0.15) is 0 Å². The minimum atomic E-state index is 0. The summed E-state index contributed by atoms with van der Waals surface area (Å²) >= 11 is 0. The average molecular weight is 517 g/mol. The van der Waals surface area contributed by atoms with Gasteiger partial charge in [0.2, 0.25) is 0 Å². The quantitative estimate of drug-likeness (QED) is 0.445. The van der Waals surface area contributed by atoms with Crippen molar-refractivity contribution in [3.8, 4) is 0 Å². The Balaban J connectivity index is 0.000000275. The van der Waals surface area contributed by atoms with E-state index in [1.165, 1.54) is 32.1 Å². The maximum Gasteiger partial charge on any atom is 0 e. The molecule has 0 bridgehead atoms. The summed E-state index contributed by atoms with van der Waals surface area (Å²) in [4.78, 5) is 0. The van der Waals surface area contributed by atoms with Crippen LogP contribution in [0.2, 0.25) is 0 Å². The zero-order chi connectivity index (χ0) is 16.5. The van der Waals surface area contributed by atoms with E-state index in [2.05, 4.69) is 41.0 Å². The molecule has 0 aromatic heterocycles. The molecular formula is C21H27N3Pt-4. The third-order valence-electron chi connectivity index (χ3n) is 4.61. The fraction of sp³-hybridized carbons (Fsp3) is 0.524. The molecule has 3 aliphatic heterocycles. The van der Waals surface area contributed by atoms with E-state index in [0.717, 1.165) is 37.3 Å². The first kappa shape index (κ1) is 20.4. The van der Waals surface area contributed by atoms with Crippen molar-refractivity contribution in [3.63, 3.8) is 0 Å². The molecule has 0 spiro atoms. The minimum Gasteiger partial charge on any atom is -0.681 e. The smallest absolute Gasteiger partial charge is 0 e. The van der Waals surface area contributed by atoms with Crippen LogP contribution in [-0.4, -0.2) is 25.7 Å². The molecule has 0 N–H and O–H groups in total. The normalized spacial score (nSPS) is 25.5. The molecule has 2 atom stereocenters. The van der Waals surface area contributed by atoms with Crippen molar-refractivity contribution >= 4 is 0 Å². The Bertz CT molecular complexity index is 520. The Labute approximate surface area is 167 Å². The largest absolute Gasteiger partial charge is 0.681 e. The van der Waals surface area contributed by atoms with Crippen LogP contribution < -0.4 is 0 Å². The van der Waals surface area contributed by atoms with E-state index < -0.39 is 0 Å². The molecule has 0 saturated carbocycles. The van der Waals surface area contributed by atoms with Crippen molar-refractivity contribution in [2.45, 2.75) is 50.6 Å². The summed E-state index contributed by atoms with van der Waals surface area (Å²) in [6.07, 6.45) is 14.1. The molecule has 0 radical (unpaired) electrons. The third kappa shape index (κ3) is 6.73. The van der Waals surface area contributed by atoms with Crippen LogP contribution in [0.25, 0.3) is 16.0 Å². The van der Waals surface area contributed by atoms with Gasteiger partial charge in [0.05, 0.1) is 0 Å². The van der Waals surface area contributed by atoms with Crippen molar-refractivity contribution in [2.24, 2.45) is 0 Å². The monoisotopic (exact) mass is 516 g/mol. The van der Waals surface area contributed by atoms with Gasteiger partial charge in [0, 0.05) is 21.1 Å². The standard InChI is InChI=1S/C16H17N2.C5H10N.Pt/c1-2-7-13(8-3-1)14-10-6-11-16(18-14)15-9-4-5-12-17-15;1-2-4-6-5-3-1;/h1-3,6-7,10-11,14-15H,4-5,9,12H2;1-5H2;/q-3;-1;. The van der Waals surface area contributed by atoms with Gasteiger partial charge in [-0.25, -0.2) is 0 Å². The molecule has 4 rings (SSSR count). The molecule has 1 aromatic rings. The summed E-state index contributed by atoms with van der Waals surface area (Å²) in [5.74, 6) is 0. The van der Waals surface area contributed by atoms with Crippen molar-refractivity contribution in [2.75, 3.05) is 19.6 Å². The average Bonchev–Trinajstić information content (AvgIpc) is 2.71. The Morgan fingerprint density at radius 1 is 0.960 bits per heavy atom. The number of rotatable bonds is 2. The zero-order valence-corrected chi connectivity index (χ0v) is 17.0. The first-order chi connectivity index (χ1) is 11.9. The molecule has 0 amide bonds. The van der Waals surface area contributed by atoms with Gasteiger partial charge in [-0.2, -0.15) is 41.6 Å². The number of piperidine rings is 2. The minimum absolute atomic E-state index is 0. The van der Waals surface area contributed by atoms with Gasteiger partial charge < -0.3 is 16.0 Å². The van der Waals surface area contributed by atoms with E-state index in [-0.39, 0.29) is 27.1 Å². The molecule has 2 saturated heterocycles. The van der Waals surface area contributed by atoms with Crippen LogP contribution in [0.15, 0.2) is 48.2 Å². The maximum absolute atomic E-state index is 4.82. The molecule has 2 unspecified atom stereocenters. The van der Waals surface area contributed by atoms with Gasteiger partial charge in [-0.3, -0.25) is 0 Å². The summed E-state index contributed by atoms with van der Waals surface area (Å²) in [6, 6.07) is 11.7. The van der Waals surface area contributed by atoms with Crippen molar-refractivity contribution in [3.05, 3.63) is 75.8 Å². The van der Waals surface area contributed by atoms with E-state index in [1.807, 2.05) is 18.2 Å². The summed E-state index contributed by atoms with van der Waals surface area (Å²) in [5.41, 5.74) is 2.27. The summed E-state index contributed by atoms with van der Waals surface area (Å²) < 4.78 is 0. The van der Waals surface area contributed by atoms with Crippen LogP contribution in [0.4, 0.5) is 0 Å². The van der Waals surface area contributed by atoms with Crippen molar-refractivity contribution < 1.29 is 21.1 Å². The number of nitrogens with zero attached hydrogens (tertiary/aromatic N) is 3. The van der Waals surface area contributed by atoms with E-state index in [4.69, 9.17) is 5.32 Å². The fourth-order valence-electron chi connectivity index (χ4n) is 3.23. The predicted octanol–water partition coefficient (Wildman–Crippen LogP) is 5.82. The Morgan fingerprint density at radius 3 is 2.40 bits per heavy atom. The molecular weight excluding hydrogens is 489 g/mol. The molecule has 4 heteroatoms. The van der Waals surface area contributed by atoms with Crippen LogP contribution in [-0.2, 0) is 21.1 Å². The second-order valence-electron chi connectivity index (χ2n) is 6.52. The van der Waals surface area contributed by atoms with Gasteiger partial charge in [0.15, 0.2) is 0 Å². The number of allylic oxidation sites excluding steroid dienone is 2. The molecule has 3 heterocycles. The Hall–Kier alpha value is -0.892. The molecule has 1 aromatic carbocycles. The predicted molar refractivity (Wildman–Crippen MR) is 101 cm³/mol. The number of hydrogen-bond acceptors (Lipinski definition) is 0. The molecule has 3 nitrogen and oxygen atoms in total. The second-order valence-corrected chi connectivity index (χ2v) is 6.52. The molecule has 3 aliphatic rings. The van der Waals surface area contributed by atoms with Crippen molar-refractivity contribution in [1.29, 1.82) is 0 Å². The van der Waals surface area contributed by atoms with E-state index in [0.29, 0.717) is 6.04 Å². The van der Waals surface area contributed by atoms with Crippen LogP contribution in [0.5, 0.6) is 0 Å². The SMILES string of the molecule is C1CC[N-]CC1.[Pt].[c-]1ccccc1C1C=CC=C(C2CCCC[N-]2)[N-]1. The first-order valence-electron chi connectivity index (χ1n) is 9.29. The Morgan fingerprint density at radius 2 is 1.80 bits per heavy atom. The van der Waals surface area contributed by atoms with Crippen LogP contribution in [0.3, 0.4) is 0 Å². The number of hydrogen-bond donors (Lipinski definition) is 0. The van der Waals surface area contributed by atoms with Crippen LogP contribution in [0.1, 0.15) is 50.1 Å². The van der Waals surface area contributed by atoms with Crippen LogP contribution >= 0.6 is 0 Å². The van der Waals surface area contributed by atoms with E-state index in [1.54, 1.807) is 0 Å². The third-order valence-corrected chi connectivity index (χ3v) is 4.61. The van der Waals surface area contributed by atoms with E-state index >= 15 is 0 Å². The summed E-state index contributed by atoms with van der Waals surface area (Å²) in [6.45, 7) is 3.24. The molecule has 140 valence electrons. The van der Waals surface area contributed by atoms with Crippen molar-refractivity contribution in [1.82, 2.24) is 0 Å². The summed E-state index contributed by atoms with van der Waals surface area (Å²) in [5, 5.41) is 13.7. The first-order valence-corrected chi connectivity index (χ1v) is 9.29. The van der Waals surface area contributed by atoms with Gasteiger partial charge in [0.25, 0.3) is 0 Å². The zero-order valence-electron chi connectivity index (χ0n) is 14.7. The topological polar surface area (TPSA) is 42.3 Å². The summed E-state index contributed by atoms with van der Waals surface area (Å²) in [7, 11) is 0. The molecule has 25 heavy (non-hydrogen) atoms. The van der Waals surface area contributed by atoms with Gasteiger partial charge in [-0.1, -0.05) is 62.8 Å². The maximum atomic E-state index is 4.82. The molecule has 2 fully saturated rings. The Kier molecular flexibility index (Phi) is 9.53. The fourth-order valence-corrected chi connectivity index (χ4v) is 3.23. The van der Waals surface area contributed by atoms with Gasteiger partial charge in [-0.05, 0) is 0 Å². The van der Waals surface area contributed by atoms with Gasteiger partial charge in [-0.15, -0.1) is 25.7 Å². The van der Waals surface area contributed by atoms with Gasteiger partial charge >= 0.3 is 0 Å². The van der Waals surface area contributed by atoms with E-state index in [9.17, 15) is 0 Å². The molecule has 0 aliphatic carbocycles. The second kappa shape index (κ2) is 11.7. The number of benzene rings is 1. The van der Waals surface area contributed by atoms with Crippen LogP contribution in [0, 0.1) is 6.07 Å².